The summed E-state index contributed by atoms with van der Waals surface area (Å²) < 4.78 is 19.9. The van der Waals surface area contributed by atoms with Crippen molar-refractivity contribution < 1.29 is 23.5 Å². The first-order valence-corrected chi connectivity index (χ1v) is 13.8. The maximum atomic E-state index is 14.4. The topological polar surface area (TPSA) is 101 Å². The summed E-state index contributed by atoms with van der Waals surface area (Å²) in [5.74, 6) is -0.445. The van der Waals surface area contributed by atoms with Gasteiger partial charge >= 0.3 is 0 Å². The maximum Gasteiger partial charge on any atom is 0.248 e. The van der Waals surface area contributed by atoms with Crippen LogP contribution in [0.3, 0.4) is 0 Å². The molecule has 0 saturated heterocycles. The van der Waals surface area contributed by atoms with Crippen molar-refractivity contribution in [2.45, 2.75) is 64.0 Å². The quantitative estimate of drug-likeness (QED) is 0.310. The zero-order valence-electron chi connectivity index (χ0n) is 22.6. The first kappa shape index (κ1) is 28.7. The number of rotatable bonds is 12. The molecule has 3 aromatic rings. The Kier molecular flexibility index (Phi) is 10.2. The lowest BCUT2D eigenvalue weighted by Crippen LogP contribution is -2.46. The van der Waals surface area contributed by atoms with E-state index in [0.29, 0.717) is 23.7 Å². The summed E-state index contributed by atoms with van der Waals surface area (Å²) in [4.78, 5) is 45.4. The van der Waals surface area contributed by atoms with Gasteiger partial charge in [-0.2, -0.15) is 0 Å². The third-order valence-electron chi connectivity index (χ3n) is 6.80. The second kappa shape index (κ2) is 14.2. The monoisotopic (exact) mass is 546 g/mol. The molecule has 1 aromatic heterocycles. The summed E-state index contributed by atoms with van der Waals surface area (Å²) in [6.07, 6.45) is 5.70. The minimum absolute atomic E-state index is 0.0175. The van der Waals surface area contributed by atoms with E-state index in [2.05, 4.69) is 15.6 Å². The summed E-state index contributed by atoms with van der Waals surface area (Å²) in [6, 6.07) is 16.9. The smallest absolute Gasteiger partial charge is 0.248 e. The molecular formula is C31H35FN4O4. The lowest BCUT2D eigenvalue weighted by atomic mass is 10.0. The molecule has 2 N–H and O–H groups in total. The van der Waals surface area contributed by atoms with Gasteiger partial charge < -0.3 is 15.4 Å². The average Bonchev–Trinajstić information content (AvgIpc) is 3.46. The number of hydrogen-bond acceptors (Lipinski definition) is 5. The van der Waals surface area contributed by atoms with Crippen molar-refractivity contribution in [3.05, 3.63) is 84.3 Å². The molecule has 1 aliphatic rings. The fourth-order valence-electron chi connectivity index (χ4n) is 4.91. The van der Waals surface area contributed by atoms with Crippen LogP contribution in [0, 0.1) is 5.82 Å². The van der Waals surface area contributed by atoms with Gasteiger partial charge in [0, 0.05) is 30.8 Å². The van der Waals surface area contributed by atoms with Gasteiger partial charge in [-0.15, -0.1) is 0 Å². The molecule has 1 saturated carbocycles. The van der Waals surface area contributed by atoms with E-state index in [1.807, 2.05) is 6.92 Å². The van der Waals surface area contributed by atoms with Crippen LogP contribution in [0.2, 0.25) is 0 Å². The Morgan fingerprint density at radius 1 is 1.02 bits per heavy atom. The van der Waals surface area contributed by atoms with Crippen LogP contribution in [0.15, 0.2) is 72.9 Å². The predicted molar refractivity (Wildman–Crippen MR) is 151 cm³/mol. The highest BCUT2D eigenvalue weighted by Crippen LogP contribution is 2.31. The Morgan fingerprint density at radius 2 is 1.80 bits per heavy atom. The molecule has 4 rings (SSSR count). The molecular weight excluding hydrogens is 511 g/mol. The van der Waals surface area contributed by atoms with E-state index >= 15 is 0 Å². The molecule has 1 atom stereocenters. The van der Waals surface area contributed by atoms with E-state index in [4.69, 9.17) is 4.74 Å². The van der Waals surface area contributed by atoms with Crippen LogP contribution in [0.1, 0.15) is 63.5 Å². The lowest BCUT2D eigenvalue weighted by molar-refractivity contribution is -0.127. The predicted octanol–water partition coefficient (Wildman–Crippen LogP) is 5.56. The lowest BCUT2D eigenvalue weighted by Gasteiger charge is -2.32. The fraction of sp³-hybridized carbons (Fsp3) is 0.355. The van der Waals surface area contributed by atoms with Crippen LogP contribution in [0.4, 0.5) is 15.9 Å². The first-order chi connectivity index (χ1) is 19.4. The first-order valence-electron chi connectivity index (χ1n) is 13.8. The largest absolute Gasteiger partial charge is 0.494 e. The molecule has 1 fully saturated rings. The van der Waals surface area contributed by atoms with Crippen molar-refractivity contribution in [2.75, 3.05) is 16.8 Å². The summed E-state index contributed by atoms with van der Waals surface area (Å²) in [6.45, 7) is 2.37. The SMILES string of the molecule is CCOc1ccc([C@H](C(=O)NC2CCCC2)N(C(=O)CCCC(=O)Nc2ccccn2)c2cccc(F)c2)cc1. The van der Waals surface area contributed by atoms with Gasteiger partial charge in [-0.05, 0) is 74.2 Å². The highest BCUT2D eigenvalue weighted by atomic mass is 19.1. The molecule has 1 aliphatic carbocycles. The van der Waals surface area contributed by atoms with E-state index in [1.54, 1.807) is 54.7 Å². The van der Waals surface area contributed by atoms with E-state index in [1.165, 1.54) is 23.1 Å². The summed E-state index contributed by atoms with van der Waals surface area (Å²) in [5.41, 5.74) is 0.841. The average molecular weight is 547 g/mol. The Balaban J connectivity index is 1.58. The number of benzene rings is 2. The zero-order valence-corrected chi connectivity index (χ0v) is 22.6. The fourth-order valence-corrected chi connectivity index (χ4v) is 4.91. The number of nitrogens with one attached hydrogen (secondary N) is 2. The standard InChI is InChI=1S/C31H35FN4O4/c1-2-40-26-18-16-22(17-19-26)30(31(39)34-24-10-3-4-11-24)36(25-12-7-9-23(32)21-25)29(38)15-8-14-28(37)35-27-13-5-6-20-33-27/h5-7,9,12-13,16-21,24,30H,2-4,8,10-11,14-15H2,1H3,(H,34,39)(H,33,35,37)/t30-/m1/s1. The third kappa shape index (κ3) is 7.88. The van der Waals surface area contributed by atoms with E-state index in [9.17, 15) is 18.8 Å². The second-order valence-corrected chi connectivity index (χ2v) is 9.75. The van der Waals surface area contributed by atoms with Crippen molar-refractivity contribution in [3.63, 3.8) is 0 Å². The number of hydrogen-bond donors (Lipinski definition) is 2. The van der Waals surface area contributed by atoms with Crippen molar-refractivity contribution in [1.29, 1.82) is 0 Å². The van der Waals surface area contributed by atoms with Crippen LogP contribution in [0.25, 0.3) is 0 Å². The van der Waals surface area contributed by atoms with E-state index in [0.717, 1.165) is 25.7 Å². The molecule has 0 bridgehead atoms. The van der Waals surface area contributed by atoms with Gasteiger partial charge in [-0.25, -0.2) is 9.37 Å². The number of anilines is 2. The highest BCUT2D eigenvalue weighted by Gasteiger charge is 2.34. The molecule has 0 aliphatic heterocycles. The van der Waals surface area contributed by atoms with Gasteiger partial charge in [-0.3, -0.25) is 19.3 Å². The summed E-state index contributed by atoms with van der Waals surface area (Å²) in [7, 11) is 0. The Labute approximate surface area is 233 Å². The highest BCUT2D eigenvalue weighted by molar-refractivity contribution is 6.01. The molecule has 0 spiro atoms. The third-order valence-corrected chi connectivity index (χ3v) is 6.80. The summed E-state index contributed by atoms with van der Waals surface area (Å²) >= 11 is 0. The van der Waals surface area contributed by atoms with Gasteiger partial charge in [0.05, 0.1) is 6.61 Å². The molecule has 40 heavy (non-hydrogen) atoms. The summed E-state index contributed by atoms with van der Waals surface area (Å²) in [5, 5.41) is 5.82. The van der Waals surface area contributed by atoms with Gasteiger partial charge in [0.15, 0.2) is 0 Å². The van der Waals surface area contributed by atoms with E-state index in [-0.39, 0.29) is 42.8 Å². The van der Waals surface area contributed by atoms with Crippen molar-refractivity contribution >= 4 is 29.2 Å². The number of halogens is 1. The van der Waals surface area contributed by atoms with Crippen molar-refractivity contribution in [2.24, 2.45) is 0 Å². The minimum atomic E-state index is -1.03. The van der Waals surface area contributed by atoms with Crippen LogP contribution in [-0.4, -0.2) is 35.4 Å². The van der Waals surface area contributed by atoms with Crippen molar-refractivity contribution in [1.82, 2.24) is 10.3 Å². The molecule has 210 valence electrons. The molecule has 0 unspecified atom stereocenters. The van der Waals surface area contributed by atoms with Gasteiger partial charge in [0.25, 0.3) is 0 Å². The van der Waals surface area contributed by atoms with Crippen LogP contribution >= 0.6 is 0 Å². The normalized spacial score (nSPS) is 13.8. The Morgan fingerprint density at radius 3 is 2.48 bits per heavy atom. The minimum Gasteiger partial charge on any atom is -0.494 e. The van der Waals surface area contributed by atoms with Crippen molar-refractivity contribution in [3.8, 4) is 5.75 Å². The maximum absolute atomic E-state index is 14.4. The number of pyridine rings is 1. The van der Waals surface area contributed by atoms with Gasteiger partial charge in [-0.1, -0.05) is 37.1 Å². The van der Waals surface area contributed by atoms with Crippen LogP contribution < -0.4 is 20.3 Å². The van der Waals surface area contributed by atoms with E-state index < -0.39 is 17.8 Å². The number of aromatic nitrogens is 1. The van der Waals surface area contributed by atoms with Gasteiger partial charge in [0.2, 0.25) is 17.7 Å². The molecule has 3 amide bonds. The van der Waals surface area contributed by atoms with Crippen LogP contribution in [-0.2, 0) is 14.4 Å². The molecule has 2 aromatic carbocycles. The number of carbonyl (C=O) groups excluding carboxylic acids is 3. The van der Waals surface area contributed by atoms with Crippen LogP contribution in [0.5, 0.6) is 5.75 Å². The van der Waals surface area contributed by atoms with Gasteiger partial charge in [0.1, 0.15) is 23.4 Å². The number of amides is 3. The Bertz CT molecular complexity index is 1280. The second-order valence-electron chi connectivity index (χ2n) is 9.75. The molecule has 9 heteroatoms. The number of carbonyl (C=O) groups is 3. The molecule has 1 heterocycles. The zero-order chi connectivity index (χ0) is 28.3. The number of nitrogens with zero attached hydrogens (tertiary/aromatic N) is 2. The Hall–Kier alpha value is -4.27. The molecule has 8 nitrogen and oxygen atoms in total. The molecule has 0 radical (unpaired) electrons. The number of ether oxygens (including phenoxy) is 1.